The van der Waals surface area contributed by atoms with Crippen molar-refractivity contribution in [2.75, 3.05) is 36.8 Å². The van der Waals surface area contributed by atoms with Crippen LogP contribution in [0.1, 0.15) is 6.42 Å². The summed E-state index contributed by atoms with van der Waals surface area (Å²) in [7, 11) is -0.105. The fourth-order valence-corrected chi connectivity index (χ4v) is 6.14. The first-order chi connectivity index (χ1) is 15.4. The summed E-state index contributed by atoms with van der Waals surface area (Å²) < 4.78 is 20.0. The van der Waals surface area contributed by atoms with E-state index in [9.17, 15) is 9.00 Å². The highest BCUT2D eigenvalue weighted by molar-refractivity contribution is 8.00. The normalized spacial score (nSPS) is 16.6. The lowest BCUT2D eigenvalue weighted by Gasteiger charge is -2.27. The molecule has 0 bridgehead atoms. The summed E-state index contributed by atoms with van der Waals surface area (Å²) in [6.07, 6.45) is 8.68. The van der Waals surface area contributed by atoms with Crippen LogP contribution in [-0.2, 0) is 20.5 Å². The Labute approximate surface area is 210 Å². The highest BCUT2D eigenvalue weighted by atomic mass is 35.5. The van der Waals surface area contributed by atoms with E-state index in [4.69, 9.17) is 39.5 Å². The molecule has 2 unspecified atom stereocenters. The van der Waals surface area contributed by atoms with Gasteiger partial charge in [-0.15, -0.1) is 24.6 Å². The van der Waals surface area contributed by atoms with E-state index < -0.39 is 11.0 Å². The number of carbonyl (C=O) groups is 1. The molecule has 2 atom stereocenters. The molecule has 172 valence electrons. The third-order valence-corrected chi connectivity index (χ3v) is 8.07. The van der Waals surface area contributed by atoms with Gasteiger partial charge in [-0.25, -0.2) is 9.00 Å². The Hall–Kier alpha value is -1.40. The smallest absolute Gasteiger partial charge is 0.333 e. The monoisotopic (exact) mass is 532 g/mol. The average molecular weight is 534 g/mol. The number of benzene rings is 2. The number of esters is 1. The quantitative estimate of drug-likeness (QED) is 0.338. The summed E-state index contributed by atoms with van der Waals surface area (Å²) >= 11 is 20.1. The van der Waals surface area contributed by atoms with Crippen LogP contribution in [0.15, 0.2) is 47.4 Å². The SMILES string of the molecule is C#C.COC(=O)C1SCCN1CCCN(c1cc(Cl)ccc1Cl)S(=O)c1ccc(Cl)cc1. The Morgan fingerprint density at radius 1 is 1.19 bits per heavy atom. The van der Waals surface area contributed by atoms with Gasteiger partial charge < -0.3 is 4.74 Å². The van der Waals surface area contributed by atoms with Gasteiger partial charge in [0.2, 0.25) is 0 Å². The Bertz CT molecular complexity index is 957. The second-order valence-corrected chi connectivity index (χ2v) is 10.4. The molecule has 1 aliphatic heterocycles. The first-order valence-corrected chi connectivity index (χ1v) is 12.9. The minimum Gasteiger partial charge on any atom is -0.467 e. The van der Waals surface area contributed by atoms with E-state index in [2.05, 4.69) is 17.7 Å². The molecule has 10 heteroatoms. The minimum atomic E-state index is -1.50. The molecule has 1 aliphatic rings. The number of nitrogens with zero attached hydrogens (tertiary/aromatic N) is 2. The van der Waals surface area contributed by atoms with E-state index in [1.165, 1.54) is 7.11 Å². The molecular weight excluding hydrogens is 511 g/mol. The molecule has 5 nitrogen and oxygen atoms in total. The van der Waals surface area contributed by atoms with E-state index in [1.54, 1.807) is 58.5 Å². The van der Waals surface area contributed by atoms with Gasteiger partial charge in [0, 0.05) is 35.4 Å². The molecule has 1 fully saturated rings. The number of hydrogen-bond donors (Lipinski definition) is 0. The van der Waals surface area contributed by atoms with E-state index in [0.29, 0.717) is 45.2 Å². The summed E-state index contributed by atoms with van der Waals surface area (Å²) in [5, 5.41) is 1.25. The van der Waals surface area contributed by atoms with Crippen LogP contribution >= 0.6 is 46.6 Å². The highest BCUT2D eigenvalue weighted by Gasteiger charge is 2.32. The van der Waals surface area contributed by atoms with Crippen molar-refractivity contribution in [3.63, 3.8) is 0 Å². The van der Waals surface area contributed by atoms with E-state index in [-0.39, 0.29) is 11.3 Å². The summed E-state index contributed by atoms with van der Waals surface area (Å²) in [5.41, 5.74) is 0.595. The largest absolute Gasteiger partial charge is 0.467 e. The first kappa shape index (κ1) is 26.8. The number of anilines is 1. The van der Waals surface area contributed by atoms with Crippen molar-refractivity contribution >= 4 is 69.2 Å². The second-order valence-electron chi connectivity index (χ2n) is 6.54. The Morgan fingerprint density at radius 2 is 1.84 bits per heavy atom. The van der Waals surface area contributed by atoms with Crippen molar-refractivity contribution in [2.24, 2.45) is 0 Å². The fourth-order valence-electron chi connectivity index (χ4n) is 3.12. The summed E-state index contributed by atoms with van der Waals surface area (Å²) in [6, 6.07) is 12.0. The topological polar surface area (TPSA) is 49.9 Å². The molecule has 0 spiro atoms. The van der Waals surface area contributed by atoms with Gasteiger partial charge in [0.05, 0.1) is 22.7 Å². The van der Waals surface area contributed by atoms with Crippen molar-refractivity contribution < 1.29 is 13.7 Å². The van der Waals surface area contributed by atoms with Crippen LogP contribution < -0.4 is 4.31 Å². The second kappa shape index (κ2) is 13.3. The van der Waals surface area contributed by atoms with Crippen LogP contribution in [0.3, 0.4) is 0 Å². The lowest BCUT2D eigenvalue weighted by Crippen LogP contribution is -2.37. The number of rotatable bonds is 8. The number of hydrogen-bond acceptors (Lipinski definition) is 5. The zero-order valence-corrected chi connectivity index (χ0v) is 21.3. The molecule has 0 saturated carbocycles. The zero-order chi connectivity index (χ0) is 23.7. The molecule has 2 aromatic carbocycles. The first-order valence-electron chi connectivity index (χ1n) is 9.57. The molecule has 3 rings (SSSR count). The third-order valence-electron chi connectivity index (χ3n) is 4.59. The number of ether oxygens (including phenoxy) is 1. The number of methoxy groups -OCH3 is 1. The van der Waals surface area contributed by atoms with Crippen LogP contribution in [-0.4, -0.2) is 52.9 Å². The molecule has 0 N–H and O–H groups in total. The van der Waals surface area contributed by atoms with Crippen molar-refractivity contribution in [1.82, 2.24) is 4.90 Å². The van der Waals surface area contributed by atoms with Gasteiger partial charge in [-0.05, 0) is 48.9 Å². The minimum absolute atomic E-state index is 0.239. The Kier molecular flexibility index (Phi) is 11.2. The zero-order valence-electron chi connectivity index (χ0n) is 17.4. The number of halogens is 3. The average Bonchev–Trinajstić information content (AvgIpc) is 3.28. The van der Waals surface area contributed by atoms with Gasteiger partial charge in [0.1, 0.15) is 0 Å². The lowest BCUT2D eigenvalue weighted by molar-refractivity contribution is -0.143. The Morgan fingerprint density at radius 3 is 2.50 bits per heavy atom. The molecular formula is C22H23Cl3N2O3S2. The molecule has 0 amide bonds. The van der Waals surface area contributed by atoms with Crippen molar-refractivity contribution in [1.29, 1.82) is 0 Å². The highest BCUT2D eigenvalue weighted by Crippen LogP contribution is 2.32. The third kappa shape index (κ3) is 7.05. The number of carbonyl (C=O) groups excluding carboxylic acids is 1. The summed E-state index contributed by atoms with van der Waals surface area (Å²) in [5.74, 6) is 0.636. The van der Waals surface area contributed by atoms with Crippen LogP contribution in [0.4, 0.5) is 5.69 Å². The van der Waals surface area contributed by atoms with Gasteiger partial charge in [-0.3, -0.25) is 9.21 Å². The van der Waals surface area contributed by atoms with Crippen molar-refractivity contribution in [3.8, 4) is 12.8 Å². The molecule has 0 aromatic heterocycles. The van der Waals surface area contributed by atoms with Crippen molar-refractivity contribution in [2.45, 2.75) is 16.7 Å². The summed E-state index contributed by atoms with van der Waals surface area (Å²) in [6.45, 7) is 1.94. The van der Waals surface area contributed by atoms with E-state index in [0.717, 1.165) is 12.3 Å². The van der Waals surface area contributed by atoms with E-state index >= 15 is 0 Å². The van der Waals surface area contributed by atoms with Gasteiger partial charge in [-0.2, -0.15) is 0 Å². The number of terminal acetylenes is 1. The van der Waals surface area contributed by atoms with Crippen LogP contribution in [0, 0.1) is 12.8 Å². The lowest BCUT2D eigenvalue weighted by atomic mass is 10.3. The molecule has 32 heavy (non-hydrogen) atoms. The fraction of sp³-hybridized carbons (Fsp3) is 0.318. The van der Waals surface area contributed by atoms with E-state index in [1.807, 2.05) is 0 Å². The molecule has 1 heterocycles. The number of thioether (sulfide) groups is 1. The van der Waals surface area contributed by atoms with Crippen molar-refractivity contribution in [3.05, 3.63) is 57.5 Å². The van der Waals surface area contributed by atoms with Crippen LogP contribution in [0.25, 0.3) is 0 Å². The maximum atomic E-state index is 13.4. The van der Waals surface area contributed by atoms with Gasteiger partial charge in [0.15, 0.2) is 16.4 Å². The Balaban J connectivity index is 0.00000176. The predicted octanol–water partition coefficient (Wildman–Crippen LogP) is 5.36. The molecule has 0 radical (unpaired) electrons. The molecule has 0 aliphatic carbocycles. The molecule has 2 aromatic rings. The van der Waals surface area contributed by atoms with Crippen LogP contribution in [0.2, 0.25) is 15.1 Å². The predicted molar refractivity (Wildman–Crippen MR) is 136 cm³/mol. The maximum absolute atomic E-state index is 13.4. The summed E-state index contributed by atoms with van der Waals surface area (Å²) in [4.78, 5) is 14.7. The molecule has 1 saturated heterocycles. The van der Waals surface area contributed by atoms with Gasteiger partial charge in [-0.1, -0.05) is 34.8 Å². The van der Waals surface area contributed by atoms with Gasteiger partial charge in [0.25, 0.3) is 0 Å². The standard InChI is InChI=1S/C20H21Cl3N2O3S2.C2H2/c1-28-20(26)19-24(11-12-29-19)9-2-10-25(18-13-15(22)5-8-17(18)23)30(27)16-6-3-14(21)4-7-16;1-2/h3-8,13,19H,2,9-12H2,1H3;1-2H. The van der Waals surface area contributed by atoms with Crippen LogP contribution in [0.5, 0.6) is 0 Å². The maximum Gasteiger partial charge on any atom is 0.333 e. The van der Waals surface area contributed by atoms with Gasteiger partial charge >= 0.3 is 5.97 Å².